The highest BCUT2D eigenvalue weighted by molar-refractivity contribution is 9.10. The first-order valence-corrected chi connectivity index (χ1v) is 8.68. The van der Waals surface area contributed by atoms with E-state index >= 15 is 0 Å². The second-order valence-electron chi connectivity index (χ2n) is 5.05. The molecule has 4 rings (SSSR count). The molecule has 0 aliphatic carbocycles. The number of nitrogens with zero attached hydrogens (tertiary/aromatic N) is 2. The molecule has 0 fully saturated rings. The fraction of sp³-hybridized carbons (Fsp3) is 0. The van der Waals surface area contributed by atoms with Gasteiger partial charge in [0.25, 0.3) is 0 Å². The topological polar surface area (TPSA) is 66.2 Å². The van der Waals surface area contributed by atoms with Crippen molar-refractivity contribution >= 4 is 60.9 Å². The molecule has 0 amide bonds. The van der Waals surface area contributed by atoms with Crippen LogP contribution >= 0.6 is 39.1 Å². The Morgan fingerprint density at radius 3 is 2.04 bits per heavy atom. The van der Waals surface area contributed by atoms with Crippen molar-refractivity contribution in [1.29, 1.82) is 0 Å². The van der Waals surface area contributed by atoms with E-state index in [0.29, 0.717) is 25.6 Å². The second-order valence-corrected chi connectivity index (χ2v) is 6.72. The minimum Gasteiger partial charge on any atom is -0.506 e. The molecule has 4 aromatic rings. The lowest BCUT2D eigenvalue weighted by atomic mass is 10.2. The predicted octanol–water partition coefficient (Wildman–Crippen LogP) is 5.95. The van der Waals surface area contributed by atoms with Crippen molar-refractivity contribution in [3.8, 4) is 11.5 Å². The molecular weight excluding hydrogens is 427 g/mol. The van der Waals surface area contributed by atoms with Gasteiger partial charge in [0.2, 0.25) is 0 Å². The third kappa shape index (κ3) is 3.63. The molecule has 2 aromatic heterocycles. The summed E-state index contributed by atoms with van der Waals surface area (Å²) in [5.74, 6) is 0.287. The fourth-order valence-electron chi connectivity index (χ4n) is 2.28. The van der Waals surface area contributed by atoms with Gasteiger partial charge in [-0.25, -0.2) is 0 Å². The van der Waals surface area contributed by atoms with Crippen LogP contribution in [0.3, 0.4) is 0 Å². The van der Waals surface area contributed by atoms with E-state index in [1.165, 1.54) is 6.07 Å². The summed E-state index contributed by atoms with van der Waals surface area (Å²) < 4.78 is 0.559. The molecule has 126 valence electrons. The Morgan fingerprint density at radius 2 is 1.40 bits per heavy atom. The van der Waals surface area contributed by atoms with Crippen LogP contribution < -0.4 is 0 Å². The maximum atomic E-state index is 9.61. The lowest BCUT2D eigenvalue weighted by Gasteiger charge is -2.03. The lowest BCUT2D eigenvalue weighted by molar-refractivity contribution is 0.477. The highest BCUT2D eigenvalue weighted by Gasteiger charge is 2.08. The van der Waals surface area contributed by atoms with Crippen LogP contribution in [-0.4, -0.2) is 20.2 Å². The van der Waals surface area contributed by atoms with E-state index in [0.717, 1.165) is 10.8 Å². The van der Waals surface area contributed by atoms with E-state index in [-0.39, 0.29) is 11.5 Å². The molecule has 25 heavy (non-hydrogen) atoms. The van der Waals surface area contributed by atoms with E-state index in [4.69, 9.17) is 23.2 Å². The van der Waals surface area contributed by atoms with Crippen molar-refractivity contribution in [3.63, 3.8) is 0 Å². The van der Waals surface area contributed by atoms with Crippen LogP contribution in [0.15, 0.2) is 59.3 Å². The molecule has 2 N–H and O–H groups in total. The van der Waals surface area contributed by atoms with E-state index in [1.807, 2.05) is 12.1 Å². The molecule has 0 bridgehead atoms. The number of aromatic nitrogens is 2. The van der Waals surface area contributed by atoms with Crippen molar-refractivity contribution in [2.24, 2.45) is 0 Å². The maximum Gasteiger partial charge on any atom is 0.156 e. The Kier molecular flexibility index (Phi) is 5.27. The SMILES string of the molecule is Oc1c(Br)cc(Cl)c2cccnc12.Oc1ccc(Cl)c2cccnc12. The number of hydrogen-bond acceptors (Lipinski definition) is 4. The molecular formula is C18H11BrCl2N2O2. The van der Waals surface area contributed by atoms with Gasteiger partial charge >= 0.3 is 0 Å². The summed E-state index contributed by atoms with van der Waals surface area (Å²) in [6, 6.07) is 12.1. The lowest BCUT2D eigenvalue weighted by Crippen LogP contribution is -1.81. The van der Waals surface area contributed by atoms with Crippen LogP contribution in [0.4, 0.5) is 0 Å². The highest BCUT2D eigenvalue weighted by atomic mass is 79.9. The van der Waals surface area contributed by atoms with Crippen molar-refractivity contribution in [2.45, 2.75) is 0 Å². The number of pyridine rings is 2. The zero-order valence-corrected chi connectivity index (χ0v) is 15.7. The van der Waals surface area contributed by atoms with Gasteiger partial charge in [0, 0.05) is 23.2 Å². The molecule has 7 heteroatoms. The van der Waals surface area contributed by atoms with Gasteiger partial charge in [0.05, 0.1) is 14.5 Å². The molecule has 0 spiro atoms. The number of phenolic OH excluding ortho intramolecular Hbond substituents is 2. The summed E-state index contributed by atoms with van der Waals surface area (Å²) in [5.41, 5.74) is 1.06. The third-order valence-electron chi connectivity index (χ3n) is 3.46. The van der Waals surface area contributed by atoms with Crippen LogP contribution in [0, 0.1) is 0 Å². The summed E-state index contributed by atoms with van der Waals surface area (Å²) in [7, 11) is 0. The van der Waals surface area contributed by atoms with Gasteiger partial charge in [0.15, 0.2) is 5.75 Å². The number of phenols is 2. The van der Waals surface area contributed by atoms with Crippen molar-refractivity contribution in [1.82, 2.24) is 9.97 Å². The number of rotatable bonds is 0. The third-order valence-corrected chi connectivity index (χ3v) is 4.71. The Hall–Kier alpha value is -2.08. The van der Waals surface area contributed by atoms with E-state index < -0.39 is 0 Å². The predicted molar refractivity (Wildman–Crippen MR) is 105 cm³/mol. The number of benzene rings is 2. The van der Waals surface area contributed by atoms with Gasteiger partial charge in [-0.1, -0.05) is 23.2 Å². The normalized spacial score (nSPS) is 10.5. The number of halogens is 3. The molecule has 0 aliphatic heterocycles. The molecule has 0 atom stereocenters. The number of hydrogen-bond donors (Lipinski definition) is 2. The Labute approximate surface area is 161 Å². The van der Waals surface area contributed by atoms with E-state index in [2.05, 4.69) is 25.9 Å². The fourth-order valence-corrected chi connectivity index (χ4v) is 3.31. The summed E-state index contributed by atoms with van der Waals surface area (Å²) in [4.78, 5) is 8.05. The van der Waals surface area contributed by atoms with Crippen molar-refractivity contribution in [2.75, 3.05) is 0 Å². The van der Waals surface area contributed by atoms with Crippen LogP contribution in [0.5, 0.6) is 11.5 Å². The van der Waals surface area contributed by atoms with Gasteiger partial charge in [-0.2, -0.15) is 0 Å². The minimum absolute atomic E-state index is 0.125. The largest absolute Gasteiger partial charge is 0.506 e. The van der Waals surface area contributed by atoms with Crippen molar-refractivity contribution < 1.29 is 10.2 Å². The van der Waals surface area contributed by atoms with Gasteiger partial charge in [-0.15, -0.1) is 0 Å². The van der Waals surface area contributed by atoms with Crippen LogP contribution in [0.1, 0.15) is 0 Å². The first kappa shape index (κ1) is 17.7. The first-order chi connectivity index (χ1) is 12.0. The number of fused-ring (bicyclic) bond motifs is 2. The average molecular weight is 438 g/mol. The number of aromatic hydroxyl groups is 2. The molecule has 0 aliphatic rings. The Bertz CT molecular complexity index is 1030. The van der Waals surface area contributed by atoms with Crippen LogP contribution in [-0.2, 0) is 0 Å². The van der Waals surface area contributed by atoms with Gasteiger partial charge in [-0.05, 0) is 58.4 Å². The van der Waals surface area contributed by atoms with Crippen LogP contribution in [0.25, 0.3) is 21.8 Å². The molecule has 0 saturated heterocycles. The zero-order chi connectivity index (χ0) is 18.0. The molecule has 0 radical (unpaired) electrons. The second kappa shape index (κ2) is 7.44. The monoisotopic (exact) mass is 436 g/mol. The summed E-state index contributed by atoms with van der Waals surface area (Å²) in [6.07, 6.45) is 3.24. The van der Waals surface area contributed by atoms with E-state index in [9.17, 15) is 10.2 Å². The van der Waals surface area contributed by atoms with E-state index in [1.54, 1.807) is 36.7 Å². The quantitative estimate of drug-likeness (QED) is 0.356. The van der Waals surface area contributed by atoms with Crippen molar-refractivity contribution in [3.05, 3.63) is 69.4 Å². The minimum atomic E-state index is 0.125. The van der Waals surface area contributed by atoms with Gasteiger partial charge in [0.1, 0.15) is 16.8 Å². The Balaban J connectivity index is 0.000000146. The van der Waals surface area contributed by atoms with Gasteiger partial charge < -0.3 is 10.2 Å². The molecule has 4 nitrogen and oxygen atoms in total. The standard InChI is InChI=1S/C9H5BrClNO.C9H6ClNO/c10-6-4-7(11)5-2-1-3-12-8(5)9(6)13;10-7-3-4-8(12)9-6(7)2-1-5-11-9/h1-4,13H;1-5,12H. The van der Waals surface area contributed by atoms with Crippen LogP contribution in [0.2, 0.25) is 10.0 Å². The molecule has 2 heterocycles. The molecule has 0 unspecified atom stereocenters. The molecule has 0 saturated carbocycles. The smallest absolute Gasteiger partial charge is 0.156 e. The molecule has 2 aromatic carbocycles. The average Bonchev–Trinajstić information content (AvgIpc) is 2.64. The summed E-state index contributed by atoms with van der Waals surface area (Å²) in [6.45, 7) is 0. The maximum absolute atomic E-state index is 9.61. The zero-order valence-electron chi connectivity index (χ0n) is 12.6. The highest BCUT2D eigenvalue weighted by Crippen LogP contribution is 2.35. The Morgan fingerprint density at radius 1 is 0.800 bits per heavy atom. The first-order valence-electron chi connectivity index (χ1n) is 7.13. The summed E-state index contributed by atoms with van der Waals surface area (Å²) >= 11 is 15.0. The van der Waals surface area contributed by atoms with Gasteiger partial charge in [-0.3, -0.25) is 9.97 Å². The summed E-state index contributed by atoms with van der Waals surface area (Å²) in [5, 5.41) is 21.7.